The molecule has 0 aliphatic heterocycles. The summed E-state index contributed by atoms with van der Waals surface area (Å²) in [6.45, 7) is 2.54. The number of amides is 1. The monoisotopic (exact) mass is 258 g/mol. The van der Waals surface area contributed by atoms with E-state index in [2.05, 4.69) is 5.32 Å². The van der Waals surface area contributed by atoms with E-state index in [1.807, 2.05) is 25.1 Å². The van der Waals surface area contributed by atoms with E-state index in [0.29, 0.717) is 12.5 Å². The second kappa shape index (κ2) is 4.97. The molecule has 3 nitrogen and oxygen atoms in total. The molecule has 0 saturated heterocycles. The zero-order valence-corrected chi connectivity index (χ0v) is 11.5. The first-order valence-corrected chi connectivity index (χ1v) is 7.28. The SMILES string of the molecule is Cc1ccc(CN)cc1NC(=O)C1CC2CCC1C2. The molecule has 1 aromatic carbocycles. The minimum Gasteiger partial charge on any atom is -0.326 e. The smallest absolute Gasteiger partial charge is 0.227 e. The van der Waals surface area contributed by atoms with Crippen molar-refractivity contribution >= 4 is 11.6 Å². The van der Waals surface area contributed by atoms with Gasteiger partial charge in [-0.25, -0.2) is 0 Å². The van der Waals surface area contributed by atoms with Crippen LogP contribution in [-0.2, 0) is 11.3 Å². The Morgan fingerprint density at radius 1 is 1.37 bits per heavy atom. The van der Waals surface area contributed by atoms with Gasteiger partial charge in [0, 0.05) is 18.2 Å². The van der Waals surface area contributed by atoms with Crippen molar-refractivity contribution in [1.29, 1.82) is 0 Å². The van der Waals surface area contributed by atoms with E-state index >= 15 is 0 Å². The first-order chi connectivity index (χ1) is 9.17. The maximum Gasteiger partial charge on any atom is 0.227 e. The molecule has 2 aliphatic carbocycles. The molecule has 2 fully saturated rings. The van der Waals surface area contributed by atoms with Gasteiger partial charge in [-0.1, -0.05) is 18.6 Å². The van der Waals surface area contributed by atoms with Gasteiger partial charge in [0.25, 0.3) is 0 Å². The van der Waals surface area contributed by atoms with Gasteiger partial charge >= 0.3 is 0 Å². The third-order valence-electron chi connectivity index (χ3n) is 4.87. The zero-order chi connectivity index (χ0) is 13.4. The van der Waals surface area contributed by atoms with E-state index in [0.717, 1.165) is 29.2 Å². The van der Waals surface area contributed by atoms with Gasteiger partial charge in [0.2, 0.25) is 5.91 Å². The number of aryl methyl sites for hydroxylation is 1. The highest BCUT2D eigenvalue weighted by Crippen LogP contribution is 2.48. The molecule has 2 saturated carbocycles. The number of nitrogens with one attached hydrogen (secondary N) is 1. The fourth-order valence-electron chi connectivity index (χ4n) is 3.72. The first kappa shape index (κ1) is 12.7. The van der Waals surface area contributed by atoms with Gasteiger partial charge < -0.3 is 11.1 Å². The standard InChI is InChI=1S/C16H22N2O/c1-10-2-3-12(9-17)8-15(10)18-16(19)14-7-11-4-5-13(14)6-11/h2-3,8,11,13-14H,4-7,9,17H2,1H3,(H,18,19). The van der Waals surface area contributed by atoms with Crippen molar-refractivity contribution in [3.63, 3.8) is 0 Å². The van der Waals surface area contributed by atoms with Crippen molar-refractivity contribution in [3.05, 3.63) is 29.3 Å². The lowest BCUT2D eigenvalue weighted by atomic mass is 9.88. The summed E-state index contributed by atoms with van der Waals surface area (Å²) in [6.07, 6.45) is 4.92. The normalized spacial score (nSPS) is 28.6. The minimum absolute atomic E-state index is 0.212. The fraction of sp³-hybridized carbons (Fsp3) is 0.562. The summed E-state index contributed by atoms with van der Waals surface area (Å²) in [5, 5.41) is 3.12. The van der Waals surface area contributed by atoms with Crippen LogP contribution in [0.2, 0.25) is 0 Å². The van der Waals surface area contributed by atoms with Gasteiger partial charge in [0.15, 0.2) is 0 Å². The van der Waals surface area contributed by atoms with Crippen LogP contribution in [0.5, 0.6) is 0 Å². The molecule has 0 spiro atoms. The third-order valence-corrected chi connectivity index (χ3v) is 4.87. The number of carbonyl (C=O) groups excluding carboxylic acids is 1. The van der Waals surface area contributed by atoms with Crippen molar-refractivity contribution in [1.82, 2.24) is 0 Å². The van der Waals surface area contributed by atoms with Crippen LogP contribution >= 0.6 is 0 Å². The Balaban J connectivity index is 1.72. The minimum atomic E-state index is 0.212. The number of carbonyl (C=O) groups is 1. The molecule has 3 N–H and O–H groups in total. The average Bonchev–Trinajstić information content (AvgIpc) is 3.03. The number of anilines is 1. The lowest BCUT2D eigenvalue weighted by Gasteiger charge is -2.21. The number of nitrogens with two attached hydrogens (primary N) is 1. The molecule has 2 bridgehead atoms. The van der Waals surface area contributed by atoms with Crippen LogP contribution in [0.4, 0.5) is 5.69 Å². The maximum atomic E-state index is 12.4. The molecule has 19 heavy (non-hydrogen) atoms. The molecule has 3 heteroatoms. The highest BCUT2D eigenvalue weighted by atomic mass is 16.1. The predicted octanol–water partition coefficient (Wildman–Crippen LogP) is 2.83. The first-order valence-electron chi connectivity index (χ1n) is 7.28. The molecule has 0 heterocycles. The van der Waals surface area contributed by atoms with Crippen LogP contribution in [0.15, 0.2) is 18.2 Å². The fourth-order valence-corrected chi connectivity index (χ4v) is 3.72. The molecule has 3 unspecified atom stereocenters. The Bertz CT molecular complexity index is 498. The largest absolute Gasteiger partial charge is 0.326 e. The zero-order valence-electron chi connectivity index (χ0n) is 11.5. The highest BCUT2D eigenvalue weighted by Gasteiger charge is 2.43. The number of benzene rings is 1. The van der Waals surface area contributed by atoms with Gasteiger partial charge in [-0.05, 0) is 55.2 Å². The number of hydrogen-bond donors (Lipinski definition) is 2. The van der Waals surface area contributed by atoms with Crippen LogP contribution in [0, 0.1) is 24.7 Å². The van der Waals surface area contributed by atoms with Crippen molar-refractivity contribution in [2.45, 2.75) is 39.2 Å². The maximum absolute atomic E-state index is 12.4. The Kier molecular flexibility index (Phi) is 3.31. The lowest BCUT2D eigenvalue weighted by Crippen LogP contribution is -2.27. The van der Waals surface area contributed by atoms with E-state index < -0.39 is 0 Å². The summed E-state index contributed by atoms with van der Waals surface area (Å²) in [5.41, 5.74) is 8.75. The Morgan fingerprint density at radius 2 is 2.21 bits per heavy atom. The summed E-state index contributed by atoms with van der Waals surface area (Å²) in [6, 6.07) is 6.04. The van der Waals surface area contributed by atoms with Gasteiger partial charge in [-0.2, -0.15) is 0 Å². The van der Waals surface area contributed by atoms with E-state index in [-0.39, 0.29) is 11.8 Å². The van der Waals surface area contributed by atoms with Crippen molar-refractivity contribution in [3.8, 4) is 0 Å². The summed E-state index contributed by atoms with van der Waals surface area (Å²) in [5.74, 6) is 1.88. The molecule has 3 rings (SSSR count). The van der Waals surface area contributed by atoms with Gasteiger partial charge in [0.1, 0.15) is 0 Å². The van der Waals surface area contributed by atoms with E-state index in [4.69, 9.17) is 5.73 Å². The molecule has 3 atom stereocenters. The van der Waals surface area contributed by atoms with Gasteiger partial charge in [0.05, 0.1) is 0 Å². The summed E-state index contributed by atoms with van der Waals surface area (Å²) < 4.78 is 0. The van der Waals surface area contributed by atoms with Crippen LogP contribution in [0.25, 0.3) is 0 Å². The lowest BCUT2D eigenvalue weighted by molar-refractivity contribution is -0.121. The van der Waals surface area contributed by atoms with Crippen molar-refractivity contribution in [2.24, 2.45) is 23.5 Å². The summed E-state index contributed by atoms with van der Waals surface area (Å²) >= 11 is 0. The van der Waals surface area contributed by atoms with Gasteiger partial charge in [-0.3, -0.25) is 4.79 Å². The van der Waals surface area contributed by atoms with Crippen LogP contribution in [0.3, 0.4) is 0 Å². The molecule has 2 aliphatic rings. The molecule has 102 valence electrons. The second-order valence-corrected chi connectivity index (χ2v) is 6.12. The summed E-state index contributed by atoms with van der Waals surface area (Å²) in [7, 11) is 0. The van der Waals surface area contributed by atoms with E-state index in [1.165, 1.54) is 19.3 Å². The Hall–Kier alpha value is -1.35. The number of fused-ring (bicyclic) bond motifs is 2. The average molecular weight is 258 g/mol. The molecule has 1 amide bonds. The third kappa shape index (κ3) is 2.39. The van der Waals surface area contributed by atoms with Gasteiger partial charge in [-0.15, -0.1) is 0 Å². The van der Waals surface area contributed by atoms with E-state index in [9.17, 15) is 4.79 Å². The van der Waals surface area contributed by atoms with Crippen LogP contribution in [-0.4, -0.2) is 5.91 Å². The second-order valence-electron chi connectivity index (χ2n) is 6.12. The quantitative estimate of drug-likeness (QED) is 0.876. The van der Waals surface area contributed by atoms with Crippen molar-refractivity contribution < 1.29 is 4.79 Å². The number of rotatable bonds is 3. The summed E-state index contributed by atoms with van der Waals surface area (Å²) in [4.78, 5) is 12.4. The Labute approximate surface area is 114 Å². The van der Waals surface area contributed by atoms with Crippen LogP contribution in [0.1, 0.15) is 36.8 Å². The van der Waals surface area contributed by atoms with E-state index in [1.54, 1.807) is 0 Å². The molecular weight excluding hydrogens is 236 g/mol. The highest BCUT2D eigenvalue weighted by molar-refractivity contribution is 5.93. The molecule has 0 aromatic heterocycles. The molecule has 0 radical (unpaired) electrons. The Morgan fingerprint density at radius 3 is 2.84 bits per heavy atom. The van der Waals surface area contributed by atoms with Crippen molar-refractivity contribution in [2.75, 3.05) is 5.32 Å². The molecule has 1 aromatic rings. The number of hydrogen-bond acceptors (Lipinski definition) is 2. The van der Waals surface area contributed by atoms with Crippen LogP contribution < -0.4 is 11.1 Å². The molecular formula is C16H22N2O. The predicted molar refractivity (Wildman–Crippen MR) is 76.6 cm³/mol. The topological polar surface area (TPSA) is 55.1 Å².